The Kier molecular flexibility index (Phi) is 5.67. The zero-order valence-electron chi connectivity index (χ0n) is 12.1. The molecule has 0 aromatic heterocycles. The van der Waals surface area contributed by atoms with Crippen LogP contribution in [0.5, 0.6) is 0 Å². The van der Waals surface area contributed by atoms with Gasteiger partial charge in [-0.1, -0.05) is 58.9 Å². The lowest BCUT2D eigenvalue weighted by atomic mass is 9.76. The highest BCUT2D eigenvalue weighted by molar-refractivity contribution is 5.15. The Labute approximate surface area is 111 Å². The smallest absolute Gasteiger partial charge is 0.116 e. The van der Waals surface area contributed by atoms with Crippen LogP contribution in [0.3, 0.4) is 0 Å². The minimum Gasteiger partial charge on any atom is -0.495 e. The van der Waals surface area contributed by atoms with E-state index in [1.165, 1.54) is 0 Å². The minimum atomic E-state index is 0.234. The molecule has 2 unspecified atom stereocenters. The van der Waals surface area contributed by atoms with E-state index in [1.807, 2.05) is 18.2 Å². The van der Waals surface area contributed by atoms with E-state index in [0.29, 0.717) is 18.6 Å². The molecule has 0 amide bonds. The third-order valence-electron chi connectivity index (χ3n) is 3.86. The minimum absolute atomic E-state index is 0.234. The van der Waals surface area contributed by atoms with Crippen molar-refractivity contribution in [1.29, 1.82) is 0 Å². The summed E-state index contributed by atoms with van der Waals surface area (Å²) in [6.07, 6.45) is 9.15. The molecule has 0 spiro atoms. The summed E-state index contributed by atoms with van der Waals surface area (Å²) in [5, 5.41) is 0. The Hall–Kier alpha value is -1.02. The van der Waals surface area contributed by atoms with Gasteiger partial charge in [0.25, 0.3) is 0 Å². The fraction of sp³-hybridized carbons (Fsp3) is 0.625. The molecular formula is C16H26O2. The predicted molar refractivity (Wildman–Crippen MR) is 76.3 cm³/mol. The van der Waals surface area contributed by atoms with Crippen LogP contribution in [-0.2, 0) is 9.47 Å². The number of ether oxygens (including phenoxy) is 2. The van der Waals surface area contributed by atoms with Crippen molar-refractivity contribution in [3.8, 4) is 0 Å². The van der Waals surface area contributed by atoms with Crippen molar-refractivity contribution in [1.82, 2.24) is 0 Å². The molecule has 2 atom stereocenters. The first-order valence-electron chi connectivity index (χ1n) is 6.75. The normalized spacial score (nSPS) is 22.0. The largest absolute Gasteiger partial charge is 0.495 e. The highest BCUT2D eigenvalue weighted by Gasteiger charge is 2.30. The van der Waals surface area contributed by atoms with Crippen LogP contribution in [0.15, 0.2) is 36.6 Å². The second-order valence-electron chi connectivity index (χ2n) is 5.52. The average Bonchev–Trinajstić information content (AvgIpc) is 3.16. The number of allylic oxidation sites excluding steroid dienone is 5. The fourth-order valence-corrected chi connectivity index (χ4v) is 1.59. The summed E-state index contributed by atoms with van der Waals surface area (Å²) in [4.78, 5) is 0. The molecule has 1 aliphatic rings. The molecule has 0 saturated carbocycles. The van der Waals surface area contributed by atoms with Gasteiger partial charge in [0.15, 0.2) is 0 Å². The summed E-state index contributed by atoms with van der Waals surface area (Å²) in [5.41, 5.74) is 0.234. The molecule has 1 aliphatic heterocycles. The van der Waals surface area contributed by atoms with Gasteiger partial charge in [-0.25, -0.2) is 0 Å². The zero-order valence-corrected chi connectivity index (χ0v) is 12.1. The van der Waals surface area contributed by atoms with Gasteiger partial charge in [0.1, 0.15) is 12.7 Å². The fourth-order valence-electron chi connectivity index (χ4n) is 1.59. The monoisotopic (exact) mass is 250 g/mol. The zero-order chi connectivity index (χ0) is 13.6. The molecule has 0 bridgehead atoms. The maximum atomic E-state index is 5.91. The summed E-state index contributed by atoms with van der Waals surface area (Å²) in [6, 6.07) is 0. The van der Waals surface area contributed by atoms with E-state index in [-0.39, 0.29) is 5.41 Å². The summed E-state index contributed by atoms with van der Waals surface area (Å²) in [5.74, 6) is 1.42. The van der Waals surface area contributed by atoms with Gasteiger partial charge >= 0.3 is 0 Å². The summed E-state index contributed by atoms with van der Waals surface area (Å²) in [6.45, 7) is 14.2. The number of epoxide rings is 1. The lowest BCUT2D eigenvalue weighted by Gasteiger charge is -2.32. The Morgan fingerprint density at radius 3 is 2.67 bits per heavy atom. The molecule has 2 nitrogen and oxygen atoms in total. The molecule has 2 heteroatoms. The SMILES string of the molecule is C=C/C=C\C=C(\OCC1CO1)C(C)C(C)(C)CC. The van der Waals surface area contributed by atoms with Crippen LogP contribution in [0.2, 0.25) is 0 Å². The molecule has 1 heterocycles. The highest BCUT2D eigenvalue weighted by atomic mass is 16.6. The van der Waals surface area contributed by atoms with Crippen molar-refractivity contribution in [2.75, 3.05) is 13.2 Å². The van der Waals surface area contributed by atoms with Crippen LogP contribution >= 0.6 is 0 Å². The van der Waals surface area contributed by atoms with Gasteiger partial charge in [-0.15, -0.1) is 0 Å². The molecule has 0 aliphatic carbocycles. The van der Waals surface area contributed by atoms with Crippen LogP contribution in [0.25, 0.3) is 0 Å². The Morgan fingerprint density at radius 1 is 1.50 bits per heavy atom. The van der Waals surface area contributed by atoms with E-state index in [9.17, 15) is 0 Å². The van der Waals surface area contributed by atoms with Gasteiger partial charge in [0.2, 0.25) is 0 Å². The van der Waals surface area contributed by atoms with E-state index >= 15 is 0 Å². The van der Waals surface area contributed by atoms with Gasteiger partial charge in [0.05, 0.1) is 12.4 Å². The molecule has 0 aromatic rings. The molecule has 0 radical (unpaired) electrons. The standard InChI is InChI=1S/C16H26O2/c1-6-8-9-10-15(18-12-14-11-17-14)13(3)16(4,5)7-2/h6,8-10,13-14H,1,7,11-12H2,2-5H3/b9-8-,15-10+. The van der Waals surface area contributed by atoms with E-state index in [0.717, 1.165) is 18.8 Å². The Balaban J connectivity index is 2.70. The maximum absolute atomic E-state index is 5.91. The second-order valence-corrected chi connectivity index (χ2v) is 5.52. The molecule has 0 aromatic carbocycles. The maximum Gasteiger partial charge on any atom is 0.116 e. The first-order valence-corrected chi connectivity index (χ1v) is 6.75. The van der Waals surface area contributed by atoms with Crippen molar-refractivity contribution >= 4 is 0 Å². The van der Waals surface area contributed by atoms with Crippen molar-refractivity contribution < 1.29 is 9.47 Å². The summed E-state index contributed by atoms with van der Waals surface area (Å²) in [7, 11) is 0. The molecule has 102 valence electrons. The quantitative estimate of drug-likeness (QED) is 0.367. The topological polar surface area (TPSA) is 21.8 Å². The summed E-state index contributed by atoms with van der Waals surface area (Å²) >= 11 is 0. The van der Waals surface area contributed by atoms with Gasteiger partial charge in [-0.2, -0.15) is 0 Å². The van der Waals surface area contributed by atoms with E-state index < -0.39 is 0 Å². The van der Waals surface area contributed by atoms with Crippen molar-refractivity contribution in [3.05, 3.63) is 36.6 Å². The van der Waals surface area contributed by atoms with E-state index in [1.54, 1.807) is 6.08 Å². The first-order chi connectivity index (χ1) is 8.51. The molecule has 1 rings (SSSR count). The van der Waals surface area contributed by atoms with Crippen LogP contribution in [0.1, 0.15) is 34.1 Å². The number of hydrogen-bond acceptors (Lipinski definition) is 2. The Morgan fingerprint density at radius 2 is 2.17 bits per heavy atom. The summed E-state index contributed by atoms with van der Waals surface area (Å²) < 4.78 is 11.1. The van der Waals surface area contributed by atoms with Gasteiger partial charge in [-0.3, -0.25) is 0 Å². The molecule has 1 fully saturated rings. The average molecular weight is 250 g/mol. The number of hydrogen-bond donors (Lipinski definition) is 0. The number of rotatable bonds is 8. The van der Waals surface area contributed by atoms with E-state index in [2.05, 4.69) is 34.3 Å². The second kappa shape index (κ2) is 6.79. The van der Waals surface area contributed by atoms with Gasteiger partial charge < -0.3 is 9.47 Å². The predicted octanol–water partition coefficient (Wildman–Crippen LogP) is 4.10. The van der Waals surface area contributed by atoms with Crippen molar-refractivity contribution in [3.63, 3.8) is 0 Å². The van der Waals surface area contributed by atoms with Crippen LogP contribution in [0, 0.1) is 11.3 Å². The lowest BCUT2D eigenvalue weighted by Crippen LogP contribution is -2.24. The van der Waals surface area contributed by atoms with Crippen molar-refractivity contribution in [2.24, 2.45) is 11.3 Å². The van der Waals surface area contributed by atoms with Crippen LogP contribution < -0.4 is 0 Å². The molecular weight excluding hydrogens is 224 g/mol. The van der Waals surface area contributed by atoms with E-state index in [4.69, 9.17) is 9.47 Å². The molecule has 18 heavy (non-hydrogen) atoms. The molecule has 1 saturated heterocycles. The lowest BCUT2D eigenvalue weighted by molar-refractivity contribution is 0.113. The first kappa shape index (κ1) is 15.0. The van der Waals surface area contributed by atoms with Crippen LogP contribution in [0.4, 0.5) is 0 Å². The third kappa shape index (κ3) is 4.69. The highest BCUT2D eigenvalue weighted by Crippen LogP contribution is 2.36. The van der Waals surface area contributed by atoms with Crippen molar-refractivity contribution in [2.45, 2.75) is 40.2 Å². The Bertz CT molecular complexity index is 322. The van der Waals surface area contributed by atoms with Gasteiger partial charge in [0, 0.05) is 5.92 Å². The third-order valence-corrected chi connectivity index (χ3v) is 3.86. The van der Waals surface area contributed by atoms with Crippen LogP contribution in [-0.4, -0.2) is 19.3 Å². The molecule has 0 N–H and O–H groups in total. The van der Waals surface area contributed by atoms with Gasteiger partial charge in [-0.05, 0) is 11.5 Å².